The van der Waals surface area contributed by atoms with Gasteiger partial charge in [0.2, 0.25) is 0 Å². The Morgan fingerprint density at radius 2 is 1.60 bits per heavy atom. The fourth-order valence-corrected chi connectivity index (χ4v) is 3.08. The van der Waals surface area contributed by atoms with Crippen molar-refractivity contribution >= 4 is 17.6 Å². The Kier molecular flexibility index (Phi) is 8.77. The van der Waals surface area contributed by atoms with Gasteiger partial charge in [-0.15, -0.1) is 0 Å². The quantitative estimate of drug-likeness (QED) is 0.127. The number of phenols is 1. The minimum Gasteiger partial charge on any atom is -0.507 e. The number of hydrogen-bond donors (Lipinski definition) is 1. The summed E-state index contributed by atoms with van der Waals surface area (Å²) in [6, 6.07) is 15.8. The predicted molar refractivity (Wildman–Crippen MR) is 127 cm³/mol. The van der Waals surface area contributed by atoms with Crippen molar-refractivity contribution < 1.29 is 33.8 Å². The molecule has 0 fully saturated rings. The van der Waals surface area contributed by atoms with E-state index in [1.807, 2.05) is 0 Å². The lowest BCUT2D eigenvalue weighted by molar-refractivity contribution is -0.384. The maximum Gasteiger partial charge on any atom is 0.343 e. The smallest absolute Gasteiger partial charge is 0.343 e. The lowest BCUT2D eigenvalue weighted by atomic mass is 10.2. The van der Waals surface area contributed by atoms with Gasteiger partial charge in [-0.3, -0.25) is 10.1 Å². The van der Waals surface area contributed by atoms with Crippen LogP contribution in [0.4, 0.5) is 5.69 Å². The van der Waals surface area contributed by atoms with Gasteiger partial charge < -0.3 is 19.3 Å². The maximum atomic E-state index is 12.5. The Labute approximate surface area is 202 Å². The Morgan fingerprint density at radius 1 is 0.914 bits per heavy atom. The van der Waals surface area contributed by atoms with Gasteiger partial charge in [-0.05, 0) is 66.6 Å². The number of carbonyl (C=O) groups excluding carboxylic acids is 2. The van der Waals surface area contributed by atoms with Crippen molar-refractivity contribution in [2.45, 2.75) is 32.8 Å². The number of non-ortho nitro benzene ring substituents is 1. The second-order valence-corrected chi connectivity index (χ2v) is 7.65. The molecule has 9 nitrogen and oxygen atoms in total. The molecule has 35 heavy (non-hydrogen) atoms. The van der Waals surface area contributed by atoms with Gasteiger partial charge in [0.05, 0.1) is 17.1 Å². The summed E-state index contributed by atoms with van der Waals surface area (Å²) in [5.41, 5.74) is 0.555. The number of esters is 2. The molecular formula is C26H25NO8. The monoisotopic (exact) mass is 479 g/mol. The number of nitro benzene ring substituents is 1. The van der Waals surface area contributed by atoms with Gasteiger partial charge >= 0.3 is 11.9 Å². The van der Waals surface area contributed by atoms with Crippen molar-refractivity contribution in [3.63, 3.8) is 0 Å². The normalized spacial score (nSPS) is 10.4. The summed E-state index contributed by atoms with van der Waals surface area (Å²) >= 11 is 0. The van der Waals surface area contributed by atoms with Crippen molar-refractivity contribution in [1.82, 2.24) is 0 Å². The van der Waals surface area contributed by atoms with E-state index in [2.05, 4.69) is 6.92 Å². The van der Waals surface area contributed by atoms with Crippen LogP contribution in [-0.2, 0) is 11.3 Å². The Bertz CT molecular complexity index is 1170. The van der Waals surface area contributed by atoms with Crippen molar-refractivity contribution in [3.05, 3.63) is 93.5 Å². The van der Waals surface area contributed by atoms with E-state index in [1.165, 1.54) is 42.5 Å². The summed E-state index contributed by atoms with van der Waals surface area (Å²) in [6.07, 6.45) is 3.15. The van der Waals surface area contributed by atoms with Crippen molar-refractivity contribution in [3.8, 4) is 17.2 Å². The molecule has 0 unspecified atom stereocenters. The number of unbranched alkanes of at least 4 members (excludes halogenated alkanes) is 2. The van der Waals surface area contributed by atoms with Gasteiger partial charge in [-0.2, -0.15) is 0 Å². The molecular weight excluding hydrogens is 454 g/mol. The average Bonchev–Trinajstić information content (AvgIpc) is 2.87. The minimum absolute atomic E-state index is 0.0509. The second-order valence-electron chi connectivity index (χ2n) is 7.65. The SMILES string of the molecule is CCCCCOc1ccc(C(=O)Oc2ccc(O)c(C(=O)OCc3ccc([N+](=O)[O-])cc3)c2)cc1. The van der Waals surface area contributed by atoms with Crippen LogP contribution in [0.5, 0.6) is 17.2 Å². The van der Waals surface area contributed by atoms with Crippen LogP contribution in [0.3, 0.4) is 0 Å². The molecule has 0 heterocycles. The molecule has 0 saturated heterocycles. The number of aromatic hydroxyl groups is 1. The molecule has 0 aliphatic carbocycles. The molecule has 9 heteroatoms. The van der Waals surface area contributed by atoms with E-state index in [0.29, 0.717) is 23.5 Å². The number of rotatable bonds is 11. The highest BCUT2D eigenvalue weighted by molar-refractivity contribution is 5.94. The highest BCUT2D eigenvalue weighted by atomic mass is 16.6. The number of nitro groups is 1. The van der Waals surface area contributed by atoms with Gasteiger partial charge in [-0.1, -0.05) is 19.8 Å². The van der Waals surface area contributed by atoms with E-state index in [9.17, 15) is 24.8 Å². The topological polar surface area (TPSA) is 125 Å². The number of nitrogens with zero attached hydrogens (tertiary/aromatic N) is 1. The van der Waals surface area contributed by atoms with Crippen LogP contribution in [0, 0.1) is 10.1 Å². The second kappa shape index (κ2) is 12.2. The van der Waals surface area contributed by atoms with E-state index < -0.39 is 16.9 Å². The third-order valence-corrected chi connectivity index (χ3v) is 5.02. The first-order valence-electron chi connectivity index (χ1n) is 11.1. The lowest BCUT2D eigenvalue weighted by Crippen LogP contribution is -2.10. The summed E-state index contributed by atoms with van der Waals surface area (Å²) in [7, 11) is 0. The van der Waals surface area contributed by atoms with Crippen molar-refractivity contribution in [2.24, 2.45) is 0 Å². The van der Waals surface area contributed by atoms with Crippen LogP contribution in [0.1, 0.15) is 52.5 Å². The third-order valence-electron chi connectivity index (χ3n) is 5.02. The van der Waals surface area contributed by atoms with E-state index in [4.69, 9.17) is 14.2 Å². The molecule has 0 bridgehead atoms. The Hall–Kier alpha value is -4.40. The molecule has 0 aliphatic heterocycles. The van der Waals surface area contributed by atoms with E-state index in [1.54, 1.807) is 24.3 Å². The molecule has 0 saturated carbocycles. The highest BCUT2D eigenvalue weighted by Crippen LogP contribution is 2.25. The van der Waals surface area contributed by atoms with E-state index >= 15 is 0 Å². The first kappa shape index (κ1) is 25.2. The summed E-state index contributed by atoms with van der Waals surface area (Å²) < 4.78 is 16.1. The fourth-order valence-electron chi connectivity index (χ4n) is 3.08. The Morgan fingerprint density at radius 3 is 2.26 bits per heavy atom. The van der Waals surface area contributed by atoms with Crippen LogP contribution >= 0.6 is 0 Å². The van der Waals surface area contributed by atoms with Crippen LogP contribution in [-0.4, -0.2) is 28.6 Å². The van der Waals surface area contributed by atoms with Crippen LogP contribution in [0.2, 0.25) is 0 Å². The summed E-state index contributed by atoms with van der Waals surface area (Å²) in [5.74, 6) is -1.12. The van der Waals surface area contributed by atoms with E-state index in [-0.39, 0.29) is 29.4 Å². The summed E-state index contributed by atoms with van der Waals surface area (Å²) in [5, 5.41) is 20.8. The third kappa shape index (κ3) is 7.29. The van der Waals surface area contributed by atoms with Crippen LogP contribution in [0.25, 0.3) is 0 Å². The molecule has 3 rings (SSSR count). The van der Waals surface area contributed by atoms with Crippen LogP contribution in [0.15, 0.2) is 66.7 Å². The zero-order valence-corrected chi connectivity index (χ0v) is 19.1. The lowest BCUT2D eigenvalue weighted by Gasteiger charge is -2.10. The van der Waals surface area contributed by atoms with Gasteiger partial charge in [-0.25, -0.2) is 9.59 Å². The zero-order valence-electron chi connectivity index (χ0n) is 19.1. The number of benzene rings is 3. The molecule has 3 aromatic rings. The first-order chi connectivity index (χ1) is 16.9. The molecule has 0 radical (unpaired) electrons. The molecule has 0 aliphatic rings. The summed E-state index contributed by atoms with van der Waals surface area (Å²) in [6.45, 7) is 2.56. The van der Waals surface area contributed by atoms with Gasteiger partial charge in [0.1, 0.15) is 29.4 Å². The highest BCUT2D eigenvalue weighted by Gasteiger charge is 2.17. The Balaban J connectivity index is 1.59. The van der Waals surface area contributed by atoms with Crippen molar-refractivity contribution in [2.75, 3.05) is 6.61 Å². The standard InChI is InChI=1S/C26H25NO8/c1-2-3-4-15-33-21-11-7-19(8-12-21)25(29)35-22-13-14-24(28)23(16-22)26(30)34-17-18-5-9-20(10-6-18)27(31)32/h5-14,16,28H,2-4,15,17H2,1H3. The number of hydrogen-bond acceptors (Lipinski definition) is 8. The molecule has 1 N–H and O–H groups in total. The maximum absolute atomic E-state index is 12.5. The average molecular weight is 479 g/mol. The molecule has 0 atom stereocenters. The van der Waals surface area contributed by atoms with Gasteiger partial charge in [0, 0.05) is 12.1 Å². The van der Waals surface area contributed by atoms with Gasteiger partial charge in [0.25, 0.3) is 5.69 Å². The number of carbonyl (C=O) groups is 2. The molecule has 0 aromatic heterocycles. The van der Waals surface area contributed by atoms with E-state index in [0.717, 1.165) is 19.3 Å². The largest absolute Gasteiger partial charge is 0.507 e. The predicted octanol–water partition coefficient (Wildman–Crippen LogP) is 5.45. The minimum atomic E-state index is -0.844. The van der Waals surface area contributed by atoms with Crippen molar-refractivity contribution in [1.29, 1.82) is 0 Å². The first-order valence-corrected chi connectivity index (χ1v) is 11.1. The number of ether oxygens (including phenoxy) is 3. The molecule has 0 spiro atoms. The molecule has 0 amide bonds. The van der Waals surface area contributed by atoms with Gasteiger partial charge in [0.15, 0.2) is 0 Å². The molecule has 182 valence electrons. The van der Waals surface area contributed by atoms with Crippen LogP contribution < -0.4 is 9.47 Å². The summed E-state index contributed by atoms with van der Waals surface area (Å²) in [4.78, 5) is 35.1. The zero-order chi connectivity index (χ0) is 25.2. The number of phenolic OH excluding ortho intramolecular Hbond substituents is 1. The fraction of sp³-hybridized carbons (Fsp3) is 0.231. The molecule has 3 aromatic carbocycles.